The van der Waals surface area contributed by atoms with Crippen molar-refractivity contribution in [3.63, 3.8) is 0 Å². The zero-order valence-electron chi connectivity index (χ0n) is 7.21. The van der Waals surface area contributed by atoms with E-state index in [0.29, 0.717) is 17.7 Å². The van der Waals surface area contributed by atoms with E-state index in [9.17, 15) is 4.79 Å². The first-order valence-corrected chi connectivity index (χ1v) is 4.64. The molecule has 0 radical (unpaired) electrons. The van der Waals surface area contributed by atoms with Crippen LogP contribution < -0.4 is 5.32 Å². The maximum atomic E-state index is 11.4. The largest absolute Gasteiger partial charge is 0.313 e. The summed E-state index contributed by atoms with van der Waals surface area (Å²) in [6, 6.07) is 0.532. The first-order chi connectivity index (χ1) is 5.38. The summed E-state index contributed by atoms with van der Waals surface area (Å²) in [6.07, 6.45) is 5.48. The molecule has 0 aromatic heterocycles. The van der Waals surface area contributed by atoms with Crippen molar-refractivity contribution in [2.75, 3.05) is 6.54 Å². The van der Waals surface area contributed by atoms with Crippen LogP contribution in [-0.2, 0) is 4.79 Å². The molecule has 1 saturated heterocycles. The average Bonchev–Trinajstić information content (AvgIpc) is 2.06. The summed E-state index contributed by atoms with van der Waals surface area (Å²) in [5.41, 5.74) is 0. The quantitative estimate of drug-likeness (QED) is 0.626. The SMILES string of the molecule is Cl.O=C1CCC[C@@H]2NCCC[C@H]12. The highest BCUT2D eigenvalue weighted by molar-refractivity contribution is 5.85. The van der Waals surface area contributed by atoms with E-state index in [0.717, 1.165) is 25.8 Å². The monoisotopic (exact) mass is 189 g/mol. The van der Waals surface area contributed by atoms with Crippen molar-refractivity contribution >= 4 is 18.2 Å². The first kappa shape index (κ1) is 10.0. The molecule has 0 unspecified atom stereocenters. The van der Waals surface area contributed by atoms with Gasteiger partial charge in [0, 0.05) is 18.4 Å². The number of nitrogens with one attached hydrogen (secondary N) is 1. The number of piperidine rings is 1. The highest BCUT2D eigenvalue weighted by Crippen LogP contribution is 2.27. The fraction of sp³-hybridized carbons (Fsp3) is 0.889. The number of hydrogen-bond donors (Lipinski definition) is 1. The summed E-state index contributed by atoms with van der Waals surface area (Å²) in [5.74, 6) is 0.881. The Morgan fingerprint density at radius 1 is 1.25 bits per heavy atom. The van der Waals surface area contributed by atoms with Crippen molar-refractivity contribution in [2.24, 2.45) is 5.92 Å². The van der Waals surface area contributed by atoms with Gasteiger partial charge in [-0.05, 0) is 32.2 Å². The van der Waals surface area contributed by atoms with Gasteiger partial charge in [-0.3, -0.25) is 4.79 Å². The van der Waals surface area contributed by atoms with Gasteiger partial charge in [0.1, 0.15) is 5.78 Å². The molecular weight excluding hydrogens is 174 g/mol. The van der Waals surface area contributed by atoms with E-state index in [2.05, 4.69) is 5.32 Å². The molecule has 12 heavy (non-hydrogen) atoms. The van der Waals surface area contributed by atoms with Gasteiger partial charge < -0.3 is 5.32 Å². The summed E-state index contributed by atoms with van der Waals surface area (Å²) < 4.78 is 0. The van der Waals surface area contributed by atoms with Crippen molar-refractivity contribution in [1.82, 2.24) is 5.32 Å². The maximum absolute atomic E-state index is 11.4. The Bertz CT molecular complexity index is 170. The molecule has 1 heterocycles. The predicted molar refractivity (Wildman–Crippen MR) is 50.6 cm³/mol. The van der Waals surface area contributed by atoms with Gasteiger partial charge in [0.05, 0.1) is 0 Å². The van der Waals surface area contributed by atoms with E-state index in [1.807, 2.05) is 0 Å². The number of fused-ring (bicyclic) bond motifs is 1. The number of carbonyl (C=O) groups is 1. The van der Waals surface area contributed by atoms with Crippen molar-refractivity contribution in [1.29, 1.82) is 0 Å². The molecule has 2 nitrogen and oxygen atoms in total. The second-order valence-corrected chi connectivity index (χ2v) is 3.67. The number of halogens is 1. The van der Waals surface area contributed by atoms with Crippen LogP contribution in [0.5, 0.6) is 0 Å². The van der Waals surface area contributed by atoms with Crippen LogP contribution in [0, 0.1) is 5.92 Å². The lowest BCUT2D eigenvalue weighted by molar-refractivity contribution is -0.126. The summed E-state index contributed by atoms with van der Waals surface area (Å²) in [7, 11) is 0. The second-order valence-electron chi connectivity index (χ2n) is 3.67. The molecule has 0 aromatic carbocycles. The summed E-state index contributed by atoms with van der Waals surface area (Å²) in [4.78, 5) is 11.4. The first-order valence-electron chi connectivity index (χ1n) is 4.64. The molecule has 0 bridgehead atoms. The second kappa shape index (κ2) is 4.24. The normalized spacial score (nSPS) is 35.2. The summed E-state index contributed by atoms with van der Waals surface area (Å²) in [5, 5.41) is 3.43. The molecule has 2 rings (SSSR count). The molecule has 70 valence electrons. The minimum absolute atomic E-state index is 0. The van der Waals surface area contributed by atoms with Crippen LogP contribution in [0.2, 0.25) is 0 Å². The smallest absolute Gasteiger partial charge is 0.137 e. The van der Waals surface area contributed by atoms with Crippen LogP contribution in [0.3, 0.4) is 0 Å². The highest BCUT2D eigenvalue weighted by Gasteiger charge is 2.32. The zero-order chi connectivity index (χ0) is 7.68. The average molecular weight is 190 g/mol. The minimum Gasteiger partial charge on any atom is -0.313 e. The molecule has 1 aliphatic heterocycles. The lowest BCUT2D eigenvalue weighted by atomic mass is 9.79. The van der Waals surface area contributed by atoms with Gasteiger partial charge in [-0.15, -0.1) is 12.4 Å². The number of Topliss-reactive ketones (excluding diaryl/α,β-unsaturated/α-hetero) is 1. The van der Waals surface area contributed by atoms with Gasteiger partial charge in [0.2, 0.25) is 0 Å². The Balaban J connectivity index is 0.000000720. The van der Waals surface area contributed by atoms with Crippen molar-refractivity contribution in [2.45, 2.75) is 38.1 Å². The molecule has 2 aliphatic rings. The van der Waals surface area contributed by atoms with E-state index >= 15 is 0 Å². The van der Waals surface area contributed by atoms with Crippen LogP contribution in [0.15, 0.2) is 0 Å². The van der Waals surface area contributed by atoms with Crippen LogP contribution >= 0.6 is 12.4 Å². The minimum atomic E-state index is 0. The van der Waals surface area contributed by atoms with Crippen LogP contribution in [0.25, 0.3) is 0 Å². The zero-order valence-corrected chi connectivity index (χ0v) is 8.03. The number of carbonyl (C=O) groups excluding carboxylic acids is 1. The van der Waals surface area contributed by atoms with Gasteiger partial charge in [-0.25, -0.2) is 0 Å². The van der Waals surface area contributed by atoms with Crippen molar-refractivity contribution in [3.8, 4) is 0 Å². The van der Waals surface area contributed by atoms with E-state index in [4.69, 9.17) is 0 Å². The Labute approximate surface area is 79.5 Å². The Morgan fingerprint density at radius 3 is 2.83 bits per heavy atom. The van der Waals surface area contributed by atoms with E-state index in [-0.39, 0.29) is 12.4 Å². The van der Waals surface area contributed by atoms with Gasteiger partial charge in [0.15, 0.2) is 0 Å². The molecule has 0 amide bonds. The predicted octanol–water partition coefficient (Wildman–Crippen LogP) is 1.53. The number of rotatable bonds is 0. The van der Waals surface area contributed by atoms with Crippen LogP contribution in [0.4, 0.5) is 0 Å². The third-order valence-electron chi connectivity index (χ3n) is 2.94. The van der Waals surface area contributed by atoms with Gasteiger partial charge in [0.25, 0.3) is 0 Å². The maximum Gasteiger partial charge on any atom is 0.137 e. The van der Waals surface area contributed by atoms with Crippen molar-refractivity contribution in [3.05, 3.63) is 0 Å². The standard InChI is InChI=1S/C9H15NO.ClH/c11-9-5-1-4-8-7(9)3-2-6-10-8;/h7-8,10H,1-6H2;1H/t7-,8-;/m0./s1. The fourth-order valence-electron chi connectivity index (χ4n) is 2.32. The lowest BCUT2D eigenvalue weighted by Gasteiger charge is -2.34. The van der Waals surface area contributed by atoms with E-state index < -0.39 is 0 Å². The Kier molecular flexibility index (Phi) is 3.53. The summed E-state index contributed by atoms with van der Waals surface area (Å²) in [6.45, 7) is 1.12. The van der Waals surface area contributed by atoms with Crippen molar-refractivity contribution < 1.29 is 4.79 Å². The third kappa shape index (κ3) is 1.80. The molecule has 0 aromatic rings. The molecule has 2 atom stereocenters. The van der Waals surface area contributed by atoms with E-state index in [1.165, 1.54) is 12.8 Å². The number of hydrogen-bond acceptors (Lipinski definition) is 2. The molecule has 1 saturated carbocycles. The molecule has 1 aliphatic carbocycles. The fourth-order valence-corrected chi connectivity index (χ4v) is 2.32. The van der Waals surface area contributed by atoms with E-state index in [1.54, 1.807) is 0 Å². The third-order valence-corrected chi connectivity index (χ3v) is 2.94. The lowest BCUT2D eigenvalue weighted by Crippen LogP contribution is -2.46. The van der Waals surface area contributed by atoms with Gasteiger partial charge in [-0.1, -0.05) is 0 Å². The molecule has 3 heteroatoms. The Morgan fingerprint density at radius 2 is 2.08 bits per heavy atom. The molecular formula is C9H16ClNO. The topological polar surface area (TPSA) is 29.1 Å². The molecule has 1 N–H and O–H groups in total. The number of ketones is 1. The summed E-state index contributed by atoms with van der Waals surface area (Å²) >= 11 is 0. The molecule has 2 fully saturated rings. The van der Waals surface area contributed by atoms with Gasteiger partial charge in [-0.2, -0.15) is 0 Å². The van der Waals surface area contributed by atoms with Crippen LogP contribution in [0.1, 0.15) is 32.1 Å². The Hall–Kier alpha value is -0.0800. The molecule has 0 spiro atoms. The van der Waals surface area contributed by atoms with Crippen LogP contribution in [-0.4, -0.2) is 18.4 Å². The van der Waals surface area contributed by atoms with Gasteiger partial charge >= 0.3 is 0 Å². The highest BCUT2D eigenvalue weighted by atomic mass is 35.5.